The van der Waals surface area contributed by atoms with E-state index in [0.29, 0.717) is 0 Å². The molecule has 0 saturated heterocycles. The molecule has 0 heterocycles. The third-order valence-electron chi connectivity index (χ3n) is 5.61. The van der Waals surface area contributed by atoms with Crippen molar-refractivity contribution in [2.24, 2.45) is 0 Å². The van der Waals surface area contributed by atoms with Crippen LogP contribution in [0.1, 0.15) is 42.0 Å². The quantitative estimate of drug-likeness (QED) is 0.701. The molecule has 1 atom stereocenters. The van der Waals surface area contributed by atoms with Crippen molar-refractivity contribution < 1.29 is 14.7 Å². The number of nitrogens with zero attached hydrogens (tertiary/aromatic N) is 1. The van der Waals surface area contributed by atoms with Gasteiger partial charge in [0, 0.05) is 18.5 Å². The summed E-state index contributed by atoms with van der Waals surface area (Å²) in [5.41, 5.74) is 4.65. The van der Waals surface area contributed by atoms with Crippen molar-refractivity contribution in [1.29, 1.82) is 0 Å². The van der Waals surface area contributed by atoms with E-state index in [1.807, 2.05) is 38.1 Å². The van der Waals surface area contributed by atoms with Gasteiger partial charge in [-0.3, -0.25) is 4.79 Å². The number of aryl methyl sites for hydroxylation is 2. The fraction of sp³-hybridized carbons (Fsp3) is 0.391. The zero-order valence-corrected chi connectivity index (χ0v) is 17.5. The van der Waals surface area contributed by atoms with Gasteiger partial charge in [0.25, 0.3) is 0 Å². The van der Waals surface area contributed by atoms with Gasteiger partial charge in [0.05, 0.1) is 6.04 Å². The predicted molar refractivity (Wildman–Crippen MR) is 115 cm³/mol. The van der Waals surface area contributed by atoms with Crippen LogP contribution in [0.5, 0.6) is 0 Å². The van der Waals surface area contributed by atoms with Gasteiger partial charge in [-0.2, -0.15) is 0 Å². The Balaban J connectivity index is 2.11. The number of carbonyl (C=O) groups excluding carboxylic acids is 1. The molecule has 2 N–H and O–H groups in total. The minimum Gasteiger partial charge on any atom is -0.465 e. The maximum Gasteiger partial charge on any atom is 0.404 e. The van der Waals surface area contributed by atoms with E-state index >= 15 is 0 Å². The average molecular weight is 415 g/mol. The van der Waals surface area contributed by atoms with Gasteiger partial charge in [0.2, 0.25) is 5.91 Å². The normalized spacial score (nSPS) is 14.5. The summed E-state index contributed by atoms with van der Waals surface area (Å²) >= 11 is 5.83. The van der Waals surface area contributed by atoms with Crippen molar-refractivity contribution in [2.75, 3.05) is 12.4 Å². The molecule has 0 radical (unpaired) electrons. The summed E-state index contributed by atoms with van der Waals surface area (Å²) in [6, 6.07) is 15.8. The zero-order chi connectivity index (χ0) is 21.0. The first kappa shape index (κ1) is 21.2. The average Bonchev–Trinajstić information content (AvgIpc) is 2.87. The predicted octanol–water partition coefficient (Wildman–Crippen LogP) is 4.03. The Hall–Kier alpha value is -2.53. The first-order chi connectivity index (χ1) is 13.9. The molecule has 154 valence electrons. The first-order valence-electron chi connectivity index (χ1n) is 9.92. The third-order valence-corrected chi connectivity index (χ3v) is 5.84. The van der Waals surface area contributed by atoms with Gasteiger partial charge in [0.15, 0.2) is 0 Å². The summed E-state index contributed by atoms with van der Waals surface area (Å²) in [6.07, 6.45) is 0.701. The summed E-state index contributed by atoms with van der Waals surface area (Å²) in [4.78, 5) is 25.8. The lowest BCUT2D eigenvalue weighted by Crippen LogP contribution is -2.51. The Morgan fingerprint density at radius 2 is 1.59 bits per heavy atom. The number of nitrogens with one attached hydrogen (secondary N) is 1. The molecule has 2 aromatic carbocycles. The molecular weight excluding hydrogens is 388 g/mol. The smallest absolute Gasteiger partial charge is 0.404 e. The Bertz CT molecular complexity index is 836. The van der Waals surface area contributed by atoms with Crippen LogP contribution in [0, 0.1) is 0 Å². The topological polar surface area (TPSA) is 69.6 Å². The molecule has 0 spiro atoms. The van der Waals surface area contributed by atoms with E-state index in [4.69, 9.17) is 11.6 Å². The fourth-order valence-corrected chi connectivity index (χ4v) is 4.44. The van der Waals surface area contributed by atoms with Gasteiger partial charge in [-0.1, -0.05) is 48.5 Å². The van der Waals surface area contributed by atoms with Gasteiger partial charge < -0.3 is 15.3 Å². The van der Waals surface area contributed by atoms with E-state index in [1.165, 1.54) is 11.1 Å². The lowest BCUT2D eigenvalue weighted by molar-refractivity contribution is -0.130. The number of hydrogen-bond acceptors (Lipinski definition) is 2. The Morgan fingerprint density at radius 1 is 1.07 bits per heavy atom. The number of amides is 2. The van der Waals surface area contributed by atoms with Gasteiger partial charge >= 0.3 is 6.09 Å². The lowest BCUT2D eigenvalue weighted by Gasteiger charge is -2.35. The van der Waals surface area contributed by atoms with E-state index < -0.39 is 12.1 Å². The largest absolute Gasteiger partial charge is 0.465 e. The van der Waals surface area contributed by atoms with Crippen LogP contribution in [0.4, 0.5) is 4.79 Å². The maximum atomic E-state index is 12.4. The van der Waals surface area contributed by atoms with E-state index in [1.54, 1.807) is 4.90 Å². The highest BCUT2D eigenvalue weighted by atomic mass is 35.5. The van der Waals surface area contributed by atoms with Crippen molar-refractivity contribution in [3.63, 3.8) is 0 Å². The van der Waals surface area contributed by atoms with Crippen LogP contribution < -0.4 is 5.32 Å². The number of benzene rings is 2. The highest BCUT2D eigenvalue weighted by Crippen LogP contribution is 2.37. The van der Waals surface area contributed by atoms with Crippen LogP contribution in [0.25, 0.3) is 0 Å². The Labute approximate surface area is 176 Å². The lowest BCUT2D eigenvalue weighted by atomic mass is 9.82. The van der Waals surface area contributed by atoms with Crippen molar-refractivity contribution in [2.45, 2.75) is 44.7 Å². The standard InChI is InChI=1S/C23H27ClN2O3/c1-15(2)26(21(27)13-24)14-20(25-23(28)29)22-18-9-5-3-7-16(18)11-12-17-8-4-6-10-19(17)22/h3-10,15,20,22,25H,11-14H2,1-2H3,(H,28,29). The molecule has 0 bridgehead atoms. The van der Waals surface area contributed by atoms with Gasteiger partial charge in [-0.05, 0) is 48.9 Å². The molecule has 2 aromatic rings. The molecule has 1 aliphatic carbocycles. The number of halogens is 1. The number of rotatable bonds is 6. The second kappa shape index (κ2) is 9.31. The van der Waals surface area contributed by atoms with Crippen molar-refractivity contribution in [3.8, 4) is 0 Å². The third kappa shape index (κ3) is 4.73. The van der Waals surface area contributed by atoms with Gasteiger partial charge in [-0.15, -0.1) is 11.6 Å². The number of hydrogen-bond donors (Lipinski definition) is 2. The molecule has 3 rings (SSSR count). The molecule has 1 aliphatic rings. The van der Waals surface area contributed by atoms with E-state index in [2.05, 4.69) is 29.6 Å². The fourth-order valence-electron chi connectivity index (χ4n) is 4.28. The molecule has 1 unspecified atom stereocenters. The molecule has 0 saturated carbocycles. The molecule has 2 amide bonds. The van der Waals surface area contributed by atoms with Crippen LogP contribution in [-0.4, -0.2) is 46.5 Å². The molecule has 0 aromatic heterocycles. The number of fused-ring (bicyclic) bond motifs is 2. The van der Waals surface area contributed by atoms with Crippen molar-refractivity contribution in [1.82, 2.24) is 10.2 Å². The Kier molecular flexibility index (Phi) is 6.80. The second-order valence-corrected chi connectivity index (χ2v) is 7.97. The number of carboxylic acid groups (broad SMARTS) is 1. The minimum atomic E-state index is -1.10. The van der Waals surface area contributed by atoms with Crippen LogP contribution in [0.3, 0.4) is 0 Å². The van der Waals surface area contributed by atoms with Crippen LogP contribution >= 0.6 is 11.6 Å². The van der Waals surface area contributed by atoms with Crippen LogP contribution in [-0.2, 0) is 17.6 Å². The van der Waals surface area contributed by atoms with Crippen LogP contribution in [0.15, 0.2) is 48.5 Å². The molecular formula is C23H27ClN2O3. The number of carbonyl (C=O) groups is 2. The summed E-state index contributed by atoms with van der Waals surface area (Å²) in [6.45, 7) is 4.08. The highest BCUT2D eigenvalue weighted by molar-refractivity contribution is 6.27. The molecule has 0 fully saturated rings. The van der Waals surface area contributed by atoms with Crippen molar-refractivity contribution in [3.05, 3.63) is 70.8 Å². The number of alkyl halides is 1. The maximum absolute atomic E-state index is 12.4. The molecule has 6 heteroatoms. The second-order valence-electron chi connectivity index (χ2n) is 7.70. The zero-order valence-electron chi connectivity index (χ0n) is 16.8. The molecule has 0 aliphatic heterocycles. The monoisotopic (exact) mass is 414 g/mol. The van der Waals surface area contributed by atoms with Crippen LogP contribution in [0.2, 0.25) is 0 Å². The van der Waals surface area contributed by atoms with Gasteiger partial charge in [0.1, 0.15) is 5.88 Å². The molecule has 29 heavy (non-hydrogen) atoms. The van der Waals surface area contributed by atoms with Crippen molar-refractivity contribution >= 4 is 23.6 Å². The van der Waals surface area contributed by atoms with Gasteiger partial charge in [-0.25, -0.2) is 4.79 Å². The molecule has 5 nitrogen and oxygen atoms in total. The highest BCUT2D eigenvalue weighted by Gasteiger charge is 2.34. The first-order valence-corrected chi connectivity index (χ1v) is 10.5. The summed E-state index contributed by atoms with van der Waals surface area (Å²) in [5.74, 6) is -0.519. The Morgan fingerprint density at radius 3 is 2.03 bits per heavy atom. The minimum absolute atomic E-state index is 0.0874. The SMILES string of the molecule is CC(C)N(CC(NC(=O)O)C1c2ccccc2CCc2ccccc21)C(=O)CCl. The van der Waals surface area contributed by atoms with E-state index in [-0.39, 0.29) is 30.3 Å². The summed E-state index contributed by atoms with van der Waals surface area (Å²) in [5, 5.41) is 12.3. The summed E-state index contributed by atoms with van der Waals surface area (Å²) in [7, 11) is 0. The van der Waals surface area contributed by atoms with E-state index in [9.17, 15) is 14.7 Å². The van der Waals surface area contributed by atoms with E-state index in [0.717, 1.165) is 24.0 Å². The summed E-state index contributed by atoms with van der Waals surface area (Å²) < 4.78 is 0.